The number of nitrogens with zero attached hydrogens (tertiary/aromatic N) is 2. The minimum atomic E-state index is -1.02. The zero-order valence-electron chi connectivity index (χ0n) is 18.1. The Balaban J connectivity index is 1.61. The topological polar surface area (TPSA) is 99.4 Å². The van der Waals surface area contributed by atoms with E-state index in [0.29, 0.717) is 26.4 Å². The summed E-state index contributed by atoms with van der Waals surface area (Å²) in [7, 11) is 2.82. The molecule has 3 aromatic rings. The van der Waals surface area contributed by atoms with Crippen LogP contribution in [-0.2, 0) is 9.53 Å². The lowest BCUT2D eigenvalue weighted by atomic mass is 9.97. The predicted octanol–water partition coefficient (Wildman–Crippen LogP) is 1.37. The lowest BCUT2D eigenvalue weighted by Crippen LogP contribution is -2.47. The van der Waals surface area contributed by atoms with Gasteiger partial charge < -0.3 is 19.3 Å². The Morgan fingerprint density at radius 2 is 2.03 bits per heavy atom. The van der Waals surface area contributed by atoms with E-state index in [1.807, 2.05) is 31.2 Å². The molecule has 3 aliphatic rings. The van der Waals surface area contributed by atoms with Crippen LogP contribution in [-0.4, -0.2) is 41.0 Å². The second-order valence-corrected chi connectivity index (χ2v) is 9.53. The SMILES string of the molecule is COC(=O)[C@@H]1[C@@]23Oc4ccccc4[C@H]2n2c(s/c(=C\c4cccc(OC)c4O)c2=O)=N[C@@]13C. The fraction of sp³-hybridized carbons (Fsp3) is 0.292. The van der Waals surface area contributed by atoms with E-state index < -0.39 is 29.1 Å². The lowest BCUT2D eigenvalue weighted by molar-refractivity contribution is -0.144. The monoisotopic (exact) mass is 464 g/mol. The van der Waals surface area contributed by atoms with Crippen molar-refractivity contribution in [2.75, 3.05) is 14.2 Å². The predicted molar refractivity (Wildman–Crippen MR) is 119 cm³/mol. The maximum absolute atomic E-state index is 13.6. The molecule has 0 saturated heterocycles. The normalized spacial score (nSPS) is 28.5. The Bertz CT molecular complexity index is 1520. The first kappa shape index (κ1) is 20.0. The van der Waals surface area contributed by atoms with Gasteiger partial charge in [-0.3, -0.25) is 14.2 Å². The van der Waals surface area contributed by atoms with Crippen molar-refractivity contribution >= 4 is 23.4 Å². The summed E-state index contributed by atoms with van der Waals surface area (Å²) in [6.07, 6.45) is 1.63. The summed E-state index contributed by atoms with van der Waals surface area (Å²) in [5.41, 5.74) is -0.842. The molecule has 3 heterocycles. The molecular formula is C24H20N2O6S. The third-order valence-corrected chi connectivity index (χ3v) is 7.98. The van der Waals surface area contributed by atoms with Crippen LogP contribution in [0.2, 0.25) is 0 Å². The van der Waals surface area contributed by atoms with E-state index in [0.717, 1.165) is 5.56 Å². The largest absolute Gasteiger partial charge is 0.504 e. The van der Waals surface area contributed by atoms with Crippen LogP contribution in [0.25, 0.3) is 6.08 Å². The molecule has 1 aliphatic carbocycles. The van der Waals surface area contributed by atoms with Gasteiger partial charge in [0.15, 0.2) is 21.9 Å². The number of aromatic hydroxyl groups is 1. The molecule has 6 rings (SSSR count). The molecule has 2 aliphatic heterocycles. The first-order valence-corrected chi connectivity index (χ1v) is 11.2. The Labute approximate surface area is 192 Å². The maximum atomic E-state index is 13.6. The van der Waals surface area contributed by atoms with Gasteiger partial charge in [-0.05, 0) is 25.1 Å². The van der Waals surface area contributed by atoms with Gasteiger partial charge in [-0.2, -0.15) is 0 Å². The number of carbonyl (C=O) groups is 1. The molecule has 0 radical (unpaired) electrons. The third-order valence-electron chi connectivity index (χ3n) is 6.99. The van der Waals surface area contributed by atoms with Crippen LogP contribution < -0.4 is 24.4 Å². The molecule has 168 valence electrons. The second kappa shape index (κ2) is 6.48. The van der Waals surface area contributed by atoms with Crippen molar-refractivity contribution in [3.63, 3.8) is 0 Å². The number of hydrogen-bond donors (Lipinski definition) is 1. The van der Waals surface area contributed by atoms with Crippen LogP contribution in [0.3, 0.4) is 0 Å². The van der Waals surface area contributed by atoms with Crippen LogP contribution in [0.5, 0.6) is 17.2 Å². The molecule has 33 heavy (non-hydrogen) atoms. The number of phenolic OH excluding ortho intramolecular Hbond substituents is 1. The average Bonchev–Trinajstić information content (AvgIpc) is 3.02. The molecule has 1 aromatic heterocycles. The number of fused-ring (bicyclic) bond motifs is 4. The molecule has 4 atom stereocenters. The number of thiazole rings is 1. The van der Waals surface area contributed by atoms with Crippen LogP contribution in [0.15, 0.2) is 52.3 Å². The van der Waals surface area contributed by atoms with Gasteiger partial charge in [-0.1, -0.05) is 41.7 Å². The summed E-state index contributed by atoms with van der Waals surface area (Å²) < 4.78 is 18.7. The van der Waals surface area contributed by atoms with E-state index in [2.05, 4.69) is 0 Å². The summed E-state index contributed by atoms with van der Waals surface area (Å²) in [6, 6.07) is 12.1. The van der Waals surface area contributed by atoms with E-state index >= 15 is 0 Å². The smallest absolute Gasteiger partial charge is 0.315 e. The molecule has 0 unspecified atom stereocenters. The fourth-order valence-electron chi connectivity index (χ4n) is 5.42. The van der Waals surface area contributed by atoms with Gasteiger partial charge in [0.05, 0.1) is 18.8 Å². The van der Waals surface area contributed by atoms with Gasteiger partial charge in [-0.15, -0.1) is 0 Å². The van der Waals surface area contributed by atoms with Gasteiger partial charge in [0, 0.05) is 11.1 Å². The van der Waals surface area contributed by atoms with E-state index in [-0.39, 0.29) is 11.3 Å². The van der Waals surface area contributed by atoms with E-state index in [1.165, 1.54) is 25.6 Å². The number of hydrogen-bond acceptors (Lipinski definition) is 8. The molecule has 0 amide bonds. The van der Waals surface area contributed by atoms with Crippen molar-refractivity contribution in [2.45, 2.75) is 24.1 Å². The van der Waals surface area contributed by atoms with Gasteiger partial charge in [0.25, 0.3) is 5.56 Å². The summed E-state index contributed by atoms with van der Waals surface area (Å²) in [5, 5.41) is 10.5. The fourth-order valence-corrected chi connectivity index (χ4v) is 6.51. The summed E-state index contributed by atoms with van der Waals surface area (Å²) in [5.74, 6) is -0.123. The highest BCUT2D eigenvalue weighted by Gasteiger charge is 2.88. The Morgan fingerprint density at radius 3 is 2.79 bits per heavy atom. The number of phenols is 1. The van der Waals surface area contributed by atoms with Crippen LogP contribution in [0, 0.1) is 5.92 Å². The number of para-hydroxylation sites is 2. The van der Waals surface area contributed by atoms with E-state index in [9.17, 15) is 14.7 Å². The molecule has 1 spiro atoms. The third kappa shape index (κ3) is 2.32. The summed E-state index contributed by atoms with van der Waals surface area (Å²) in [4.78, 5) is 31.7. The average molecular weight is 464 g/mol. The molecule has 2 aromatic carbocycles. The molecule has 1 fully saturated rings. The quantitative estimate of drug-likeness (QED) is 0.588. The maximum Gasteiger partial charge on any atom is 0.315 e. The van der Waals surface area contributed by atoms with Gasteiger partial charge >= 0.3 is 5.97 Å². The standard InChI is InChI=1S/C24H20N2O6S/c1-23-18(21(29)31-3)24(23)19(13-8-4-5-9-14(13)32-24)26-20(28)16(33-22(26)25-23)11-12-7-6-10-15(30-2)17(12)27/h4-11,18-19,27H,1-3H3/b16-11-/t18-,19+,23-,24+/m0/s1. The minimum Gasteiger partial charge on any atom is -0.504 e. The first-order valence-electron chi connectivity index (χ1n) is 10.4. The zero-order chi connectivity index (χ0) is 23.1. The highest BCUT2D eigenvalue weighted by atomic mass is 32.1. The van der Waals surface area contributed by atoms with Crippen molar-refractivity contribution < 1.29 is 24.1 Å². The second-order valence-electron chi connectivity index (χ2n) is 8.52. The highest BCUT2D eigenvalue weighted by Crippen LogP contribution is 2.70. The van der Waals surface area contributed by atoms with Crippen molar-refractivity contribution in [1.29, 1.82) is 0 Å². The number of methoxy groups -OCH3 is 2. The van der Waals surface area contributed by atoms with Gasteiger partial charge in [0.2, 0.25) is 0 Å². The van der Waals surface area contributed by atoms with Crippen molar-refractivity contribution in [2.24, 2.45) is 10.9 Å². The van der Waals surface area contributed by atoms with Crippen LogP contribution in [0.1, 0.15) is 24.1 Å². The minimum absolute atomic E-state index is 0.0423. The van der Waals surface area contributed by atoms with Crippen molar-refractivity contribution in [3.05, 3.63) is 73.3 Å². The van der Waals surface area contributed by atoms with Crippen LogP contribution >= 0.6 is 11.3 Å². The first-order chi connectivity index (χ1) is 15.9. The van der Waals surface area contributed by atoms with Gasteiger partial charge in [-0.25, -0.2) is 4.99 Å². The Morgan fingerprint density at radius 1 is 1.24 bits per heavy atom. The Kier molecular flexibility index (Phi) is 3.93. The molecular weight excluding hydrogens is 444 g/mol. The Hall–Kier alpha value is -3.59. The number of ether oxygens (including phenoxy) is 3. The van der Waals surface area contributed by atoms with E-state index in [4.69, 9.17) is 19.2 Å². The van der Waals surface area contributed by atoms with Crippen LogP contribution in [0.4, 0.5) is 0 Å². The molecule has 0 bridgehead atoms. The van der Waals surface area contributed by atoms with Crippen molar-refractivity contribution in [3.8, 4) is 17.2 Å². The lowest BCUT2D eigenvalue weighted by Gasteiger charge is -2.26. The molecule has 9 heteroatoms. The molecule has 1 N–H and O–H groups in total. The molecule has 1 saturated carbocycles. The van der Waals surface area contributed by atoms with Crippen molar-refractivity contribution in [1.82, 2.24) is 4.57 Å². The number of benzene rings is 2. The number of aromatic nitrogens is 1. The number of carbonyl (C=O) groups excluding carboxylic acids is 1. The highest BCUT2D eigenvalue weighted by molar-refractivity contribution is 7.07. The summed E-state index contributed by atoms with van der Waals surface area (Å²) >= 11 is 1.22. The number of esters is 1. The zero-order valence-corrected chi connectivity index (χ0v) is 18.9. The molecule has 8 nitrogen and oxygen atoms in total. The summed E-state index contributed by atoms with van der Waals surface area (Å²) in [6.45, 7) is 1.87. The number of rotatable bonds is 3. The van der Waals surface area contributed by atoms with Gasteiger partial charge in [0.1, 0.15) is 23.2 Å². The van der Waals surface area contributed by atoms with E-state index in [1.54, 1.807) is 28.8 Å².